The van der Waals surface area contributed by atoms with E-state index in [1.165, 1.54) is 0 Å². The first-order valence-corrected chi connectivity index (χ1v) is 9.90. The molecule has 4 N–H and O–H groups in total. The Bertz CT molecular complexity index is 1100. The zero-order valence-corrected chi connectivity index (χ0v) is 17.1. The van der Waals surface area contributed by atoms with Crippen LogP contribution in [0.4, 0.5) is 39.3 Å². The third-order valence-electron chi connectivity index (χ3n) is 4.99. The zero-order chi connectivity index (χ0) is 21.8. The van der Waals surface area contributed by atoms with Crippen molar-refractivity contribution in [2.45, 2.75) is 12.8 Å². The molecule has 158 valence electrons. The Morgan fingerprint density at radius 3 is 2.65 bits per heavy atom. The van der Waals surface area contributed by atoms with Crippen LogP contribution in [0.3, 0.4) is 0 Å². The second-order valence-electron chi connectivity index (χ2n) is 7.16. The highest BCUT2D eigenvalue weighted by Gasteiger charge is 2.21. The number of nitrogens with two attached hydrogens (primary N) is 1. The van der Waals surface area contributed by atoms with Crippen molar-refractivity contribution in [2.24, 2.45) is 5.73 Å². The van der Waals surface area contributed by atoms with Crippen LogP contribution in [0, 0.1) is 0 Å². The van der Waals surface area contributed by atoms with Crippen LogP contribution in [0.15, 0.2) is 60.8 Å². The van der Waals surface area contributed by atoms with Crippen LogP contribution >= 0.6 is 0 Å². The number of amides is 3. The lowest BCUT2D eigenvalue weighted by Crippen LogP contribution is -2.23. The zero-order valence-electron chi connectivity index (χ0n) is 17.1. The molecule has 0 radical (unpaired) electrons. The number of hydrogen-bond acceptors (Lipinski definition) is 6. The number of benzene rings is 2. The maximum Gasteiger partial charge on any atom is 0.316 e. The van der Waals surface area contributed by atoms with Gasteiger partial charge in [0, 0.05) is 49.0 Å². The van der Waals surface area contributed by atoms with E-state index in [2.05, 4.69) is 20.6 Å². The number of anilines is 6. The third-order valence-corrected chi connectivity index (χ3v) is 4.99. The summed E-state index contributed by atoms with van der Waals surface area (Å²) in [5.74, 6) is 1.29. The molecule has 3 amide bonds. The molecule has 9 heteroatoms. The topological polar surface area (TPSA) is 116 Å². The van der Waals surface area contributed by atoms with Crippen LogP contribution < -0.4 is 26.2 Å². The van der Waals surface area contributed by atoms with Crippen molar-refractivity contribution in [3.63, 3.8) is 0 Å². The number of urea groups is 1. The molecular weight excluding hydrogens is 394 g/mol. The Labute approximate surface area is 179 Å². The molecule has 4 rings (SSSR count). The standard InChI is InChI=1S/C22H23N7O2/c1-28(17-9-7-15(8-10-17)25-21(23)31)19-11-12-24-22(27-19)26-16-4-2-5-18(14-16)29-13-3-6-20(29)30/h2,4-5,7-12,14H,3,6,13H2,1H3,(H3,23,25,31)(H,24,26,27). The van der Waals surface area contributed by atoms with Gasteiger partial charge in [-0.2, -0.15) is 4.98 Å². The number of nitrogens with one attached hydrogen (secondary N) is 2. The summed E-state index contributed by atoms with van der Waals surface area (Å²) in [6.45, 7) is 0.743. The van der Waals surface area contributed by atoms with Gasteiger partial charge in [-0.15, -0.1) is 0 Å². The maximum absolute atomic E-state index is 12.0. The van der Waals surface area contributed by atoms with Gasteiger partial charge >= 0.3 is 6.03 Å². The molecule has 0 spiro atoms. The van der Waals surface area contributed by atoms with Crippen molar-refractivity contribution < 1.29 is 9.59 Å². The maximum atomic E-state index is 12.0. The minimum absolute atomic E-state index is 0.147. The van der Waals surface area contributed by atoms with Crippen LogP contribution in [0.2, 0.25) is 0 Å². The van der Waals surface area contributed by atoms with Crippen molar-refractivity contribution in [1.82, 2.24) is 9.97 Å². The average Bonchev–Trinajstić information content (AvgIpc) is 3.20. The van der Waals surface area contributed by atoms with Gasteiger partial charge in [0.25, 0.3) is 0 Å². The fourth-order valence-corrected chi connectivity index (χ4v) is 3.44. The van der Waals surface area contributed by atoms with Crippen molar-refractivity contribution in [3.05, 3.63) is 60.8 Å². The molecule has 0 unspecified atom stereocenters. The Morgan fingerprint density at radius 1 is 1.13 bits per heavy atom. The van der Waals surface area contributed by atoms with E-state index >= 15 is 0 Å². The Kier molecular flexibility index (Phi) is 5.65. The van der Waals surface area contributed by atoms with Crippen molar-refractivity contribution in [3.8, 4) is 0 Å². The molecule has 0 aliphatic carbocycles. The second-order valence-corrected chi connectivity index (χ2v) is 7.16. The minimum Gasteiger partial charge on any atom is -0.351 e. The van der Waals surface area contributed by atoms with Crippen molar-refractivity contribution in [2.75, 3.05) is 34.0 Å². The lowest BCUT2D eigenvalue weighted by atomic mass is 10.2. The lowest BCUT2D eigenvalue weighted by Gasteiger charge is -2.19. The van der Waals surface area contributed by atoms with E-state index in [1.807, 2.05) is 48.3 Å². The third kappa shape index (κ3) is 4.72. The van der Waals surface area contributed by atoms with Crippen molar-refractivity contribution in [1.29, 1.82) is 0 Å². The number of primary amides is 1. The smallest absolute Gasteiger partial charge is 0.316 e. The predicted molar refractivity (Wildman–Crippen MR) is 121 cm³/mol. The molecule has 9 nitrogen and oxygen atoms in total. The first kappa shape index (κ1) is 20.1. The number of carbonyl (C=O) groups is 2. The molecule has 0 atom stereocenters. The molecular formula is C22H23N7O2. The summed E-state index contributed by atoms with van der Waals surface area (Å²) in [6.07, 6.45) is 3.15. The molecule has 31 heavy (non-hydrogen) atoms. The number of carbonyl (C=O) groups excluding carboxylic acids is 2. The van der Waals surface area contributed by atoms with E-state index in [4.69, 9.17) is 5.73 Å². The average molecular weight is 417 g/mol. The van der Waals surface area contributed by atoms with Crippen LogP contribution in [0.5, 0.6) is 0 Å². The summed E-state index contributed by atoms with van der Waals surface area (Å²) in [6, 6.07) is 16.1. The highest BCUT2D eigenvalue weighted by Crippen LogP contribution is 2.27. The predicted octanol–water partition coefficient (Wildman–Crippen LogP) is 3.61. The van der Waals surface area contributed by atoms with Gasteiger partial charge in [0.2, 0.25) is 11.9 Å². The van der Waals surface area contributed by atoms with E-state index in [0.29, 0.717) is 23.9 Å². The van der Waals surface area contributed by atoms with Gasteiger partial charge in [0.15, 0.2) is 0 Å². The fourth-order valence-electron chi connectivity index (χ4n) is 3.44. The van der Waals surface area contributed by atoms with Gasteiger partial charge in [0.1, 0.15) is 5.82 Å². The molecule has 1 aliphatic heterocycles. The number of aromatic nitrogens is 2. The van der Waals surface area contributed by atoms with Crippen LogP contribution in [0.25, 0.3) is 0 Å². The molecule has 1 saturated heterocycles. The van der Waals surface area contributed by atoms with Gasteiger partial charge in [-0.3, -0.25) is 4.79 Å². The molecule has 3 aromatic rings. The molecule has 0 bridgehead atoms. The normalized spacial score (nSPS) is 13.2. The van der Waals surface area contributed by atoms with Gasteiger partial charge < -0.3 is 26.2 Å². The van der Waals surface area contributed by atoms with E-state index in [-0.39, 0.29) is 5.91 Å². The SMILES string of the molecule is CN(c1ccc(NC(N)=O)cc1)c1ccnc(Nc2cccc(N3CCCC3=O)c2)n1. The summed E-state index contributed by atoms with van der Waals surface area (Å²) >= 11 is 0. The largest absolute Gasteiger partial charge is 0.351 e. The van der Waals surface area contributed by atoms with Gasteiger partial charge in [-0.1, -0.05) is 6.07 Å². The first-order valence-electron chi connectivity index (χ1n) is 9.90. The first-order chi connectivity index (χ1) is 15.0. The number of rotatable bonds is 6. The van der Waals surface area contributed by atoms with Gasteiger partial charge in [-0.05, 0) is 55.0 Å². The molecule has 1 fully saturated rings. The highest BCUT2D eigenvalue weighted by atomic mass is 16.2. The molecule has 2 aromatic carbocycles. The summed E-state index contributed by atoms with van der Waals surface area (Å²) in [4.78, 5) is 35.6. The molecule has 1 aromatic heterocycles. The summed E-state index contributed by atoms with van der Waals surface area (Å²) in [5, 5.41) is 5.75. The quantitative estimate of drug-likeness (QED) is 0.564. The number of hydrogen-bond donors (Lipinski definition) is 3. The fraction of sp³-hybridized carbons (Fsp3) is 0.182. The van der Waals surface area contributed by atoms with E-state index < -0.39 is 6.03 Å². The number of nitrogens with zero attached hydrogens (tertiary/aromatic N) is 4. The second kappa shape index (κ2) is 8.70. The van der Waals surface area contributed by atoms with Crippen LogP contribution in [-0.2, 0) is 4.79 Å². The highest BCUT2D eigenvalue weighted by molar-refractivity contribution is 5.95. The van der Waals surface area contributed by atoms with Crippen molar-refractivity contribution >= 4 is 46.5 Å². The summed E-state index contributed by atoms with van der Waals surface area (Å²) in [5.41, 5.74) is 8.31. The van der Waals surface area contributed by atoms with Gasteiger partial charge in [0.05, 0.1) is 0 Å². The minimum atomic E-state index is -0.606. The molecule has 1 aliphatic rings. The molecule has 0 saturated carbocycles. The van der Waals surface area contributed by atoms with E-state index in [0.717, 1.165) is 30.0 Å². The Morgan fingerprint density at radius 2 is 1.94 bits per heavy atom. The monoisotopic (exact) mass is 417 g/mol. The Balaban J connectivity index is 1.49. The van der Waals surface area contributed by atoms with Gasteiger partial charge in [-0.25, -0.2) is 9.78 Å². The summed E-state index contributed by atoms with van der Waals surface area (Å²) < 4.78 is 0. The molecule has 2 heterocycles. The van der Waals surface area contributed by atoms with E-state index in [1.54, 1.807) is 29.3 Å². The summed E-state index contributed by atoms with van der Waals surface area (Å²) in [7, 11) is 1.89. The Hall–Kier alpha value is -4.14. The van der Waals surface area contributed by atoms with Crippen LogP contribution in [-0.4, -0.2) is 35.5 Å². The van der Waals surface area contributed by atoms with E-state index in [9.17, 15) is 9.59 Å². The lowest BCUT2D eigenvalue weighted by molar-refractivity contribution is -0.117. The van der Waals surface area contributed by atoms with Crippen LogP contribution in [0.1, 0.15) is 12.8 Å².